The Morgan fingerprint density at radius 3 is 2.28 bits per heavy atom. The topological polar surface area (TPSA) is 75.6 Å². The van der Waals surface area contributed by atoms with E-state index in [1.54, 1.807) is 7.11 Å². The maximum atomic E-state index is 12.3. The molecule has 0 heterocycles. The lowest BCUT2D eigenvalue weighted by atomic mass is 9.97. The van der Waals surface area contributed by atoms with Gasteiger partial charge in [-0.2, -0.15) is 0 Å². The van der Waals surface area contributed by atoms with Crippen molar-refractivity contribution in [2.24, 2.45) is 0 Å². The van der Waals surface area contributed by atoms with E-state index in [-0.39, 0.29) is 24.7 Å². The molecule has 132 valence electrons. The highest BCUT2D eigenvalue weighted by molar-refractivity contribution is 5.84. The molecule has 2 rings (SSSR count). The van der Waals surface area contributed by atoms with Crippen LogP contribution in [0.3, 0.4) is 0 Å². The number of carbonyl (C=O) groups is 2. The Bertz CT molecular complexity index is 697. The molecule has 0 fully saturated rings. The molecule has 0 aliphatic carbocycles. The predicted molar refractivity (Wildman–Crippen MR) is 95.7 cm³/mol. The van der Waals surface area contributed by atoms with Crippen LogP contribution in [0.25, 0.3) is 0 Å². The number of hydrogen-bond acceptors (Lipinski definition) is 3. The van der Waals surface area contributed by atoms with Crippen LogP contribution in [-0.4, -0.2) is 30.1 Å². The summed E-state index contributed by atoms with van der Waals surface area (Å²) >= 11 is 0. The maximum absolute atomic E-state index is 12.3. The zero-order valence-electron chi connectivity index (χ0n) is 14.4. The summed E-state index contributed by atoms with van der Waals surface area (Å²) in [5.74, 6) is -0.563. The molecule has 2 atom stereocenters. The van der Waals surface area contributed by atoms with Gasteiger partial charge >= 0.3 is 5.97 Å². The van der Waals surface area contributed by atoms with Crippen LogP contribution in [0.4, 0.5) is 0 Å². The molecule has 0 saturated carbocycles. The van der Waals surface area contributed by atoms with Crippen LogP contribution in [0.5, 0.6) is 5.75 Å². The first-order chi connectivity index (χ1) is 12.0. The third-order valence-corrected chi connectivity index (χ3v) is 4.09. The summed E-state index contributed by atoms with van der Waals surface area (Å²) in [7, 11) is 1.60. The third-order valence-electron chi connectivity index (χ3n) is 4.09. The second kappa shape index (κ2) is 8.87. The van der Waals surface area contributed by atoms with E-state index in [1.165, 1.54) is 0 Å². The van der Waals surface area contributed by atoms with E-state index in [4.69, 9.17) is 4.74 Å². The van der Waals surface area contributed by atoms with Crippen LogP contribution in [0.2, 0.25) is 0 Å². The minimum absolute atomic E-state index is 0.0166. The number of nitrogens with one attached hydrogen (secondary N) is 1. The van der Waals surface area contributed by atoms with Crippen LogP contribution >= 0.6 is 0 Å². The number of benzene rings is 2. The van der Waals surface area contributed by atoms with Crippen molar-refractivity contribution in [1.29, 1.82) is 0 Å². The number of methoxy groups -OCH3 is 1. The molecule has 2 N–H and O–H groups in total. The fourth-order valence-electron chi connectivity index (χ4n) is 2.63. The molecule has 0 aromatic heterocycles. The summed E-state index contributed by atoms with van der Waals surface area (Å²) in [4.78, 5) is 23.7. The summed E-state index contributed by atoms with van der Waals surface area (Å²) in [6.45, 7) is 1.94. The van der Waals surface area contributed by atoms with Crippen molar-refractivity contribution in [3.05, 3.63) is 65.7 Å². The highest BCUT2D eigenvalue weighted by Gasteiger charge is 2.21. The Labute approximate surface area is 147 Å². The number of carboxylic acid groups (broad SMARTS) is 1. The third kappa shape index (κ3) is 5.64. The Balaban J connectivity index is 1.94. The fourth-order valence-corrected chi connectivity index (χ4v) is 2.63. The summed E-state index contributed by atoms with van der Waals surface area (Å²) in [6.07, 6.45) is 0.490. The Kier molecular flexibility index (Phi) is 6.57. The van der Waals surface area contributed by atoms with Crippen LogP contribution in [0, 0.1) is 0 Å². The first kappa shape index (κ1) is 18.5. The van der Waals surface area contributed by atoms with Gasteiger partial charge in [0.2, 0.25) is 5.91 Å². The lowest BCUT2D eigenvalue weighted by molar-refractivity contribution is -0.141. The molecule has 5 nitrogen and oxygen atoms in total. The van der Waals surface area contributed by atoms with E-state index < -0.39 is 12.0 Å². The Morgan fingerprint density at radius 1 is 1.08 bits per heavy atom. The first-order valence-corrected chi connectivity index (χ1v) is 8.19. The van der Waals surface area contributed by atoms with Crippen molar-refractivity contribution in [3.8, 4) is 5.75 Å². The van der Waals surface area contributed by atoms with Gasteiger partial charge in [0.25, 0.3) is 0 Å². The molecule has 5 heteroatoms. The van der Waals surface area contributed by atoms with Crippen molar-refractivity contribution in [2.45, 2.75) is 31.7 Å². The standard InChI is InChI=1S/C20H23NO4/c1-14(16-8-10-17(25-2)11-9-16)12-19(22)21-18(20(23)24)13-15-6-4-3-5-7-15/h3-11,14,18H,12-13H2,1-2H3,(H,21,22)(H,23,24)/t14?,18-/m1/s1. The molecule has 1 unspecified atom stereocenters. The predicted octanol–water partition coefficient (Wildman–Crippen LogP) is 3.00. The minimum atomic E-state index is -1.03. The van der Waals surface area contributed by atoms with Gasteiger partial charge in [0, 0.05) is 12.8 Å². The van der Waals surface area contributed by atoms with E-state index in [0.717, 1.165) is 16.9 Å². The summed E-state index contributed by atoms with van der Waals surface area (Å²) < 4.78 is 5.12. The molecular formula is C20H23NO4. The quantitative estimate of drug-likeness (QED) is 0.774. The fraction of sp³-hybridized carbons (Fsp3) is 0.300. The van der Waals surface area contributed by atoms with Gasteiger partial charge in [0.05, 0.1) is 7.11 Å². The van der Waals surface area contributed by atoms with Gasteiger partial charge in [-0.25, -0.2) is 4.79 Å². The molecule has 25 heavy (non-hydrogen) atoms. The van der Waals surface area contributed by atoms with Gasteiger partial charge in [-0.05, 0) is 29.2 Å². The number of carboxylic acids is 1. The number of aliphatic carboxylic acids is 1. The highest BCUT2D eigenvalue weighted by Crippen LogP contribution is 2.21. The molecular weight excluding hydrogens is 318 g/mol. The second-order valence-electron chi connectivity index (χ2n) is 6.03. The average Bonchev–Trinajstić information content (AvgIpc) is 2.62. The smallest absolute Gasteiger partial charge is 0.326 e. The van der Waals surface area contributed by atoms with Gasteiger partial charge in [-0.1, -0.05) is 49.4 Å². The monoisotopic (exact) mass is 341 g/mol. The van der Waals surface area contributed by atoms with Crippen molar-refractivity contribution in [1.82, 2.24) is 5.32 Å². The van der Waals surface area contributed by atoms with E-state index in [1.807, 2.05) is 61.5 Å². The van der Waals surface area contributed by atoms with Gasteiger partial charge in [-0.15, -0.1) is 0 Å². The molecule has 0 aliphatic rings. The van der Waals surface area contributed by atoms with Gasteiger partial charge in [0.15, 0.2) is 0 Å². The molecule has 0 bridgehead atoms. The Hall–Kier alpha value is -2.82. The van der Waals surface area contributed by atoms with Crippen LogP contribution in [0.1, 0.15) is 30.4 Å². The van der Waals surface area contributed by atoms with Crippen LogP contribution < -0.4 is 10.1 Å². The van der Waals surface area contributed by atoms with Gasteiger partial charge in [0.1, 0.15) is 11.8 Å². The molecule has 0 radical (unpaired) electrons. The lowest BCUT2D eigenvalue weighted by Crippen LogP contribution is -2.42. The number of hydrogen-bond donors (Lipinski definition) is 2. The van der Waals surface area contributed by atoms with Crippen molar-refractivity contribution < 1.29 is 19.4 Å². The Morgan fingerprint density at radius 2 is 1.72 bits per heavy atom. The molecule has 2 aromatic carbocycles. The molecule has 0 saturated heterocycles. The minimum Gasteiger partial charge on any atom is -0.497 e. The van der Waals surface area contributed by atoms with E-state index in [9.17, 15) is 14.7 Å². The SMILES string of the molecule is COc1ccc(C(C)CC(=O)N[C@H](Cc2ccccc2)C(=O)O)cc1. The first-order valence-electron chi connectivity index (χ1n) is 8.19. The summed E-state index contributed by atoms with van der Waals surface area (Å²) in [6, 6.07) is 15.9. The average molecular weight is 341 g/mol. The van der Waals surface area contributed by atoms with E-state index in [2.05, 4.69) is 5.32 Å². The summed E-state index contributed by atoms with van der Waals surface area (Å²) in [5.41, 5.74) is 1.88. The molecule has 2 aromatic rings. The maximum Gasteiger partial charge on any atom is 0.326 e. The van der Waals surface area contributed by atoms with Crippen LogP contribution in [0.15, 0.2) is 54.6 Å². The summed E-state index contributed by atoms with van der Waals surface area (Å²) in [5, 5.41) is 12.0. The zero-order valence-corrected chi connectivity index (χ0v) is 14.4. The normalized spacial score (nSPS) is 12.9. The largest absolute Gasteiger partial charge is 0.497 e. The highest BCUT2D eigenvalue weighted by atomic mass is 16.5. The van der Waals surface area contributed by atoms with Crippen molar-refractivity contribution in [3.63, 3.8) is 0 Å². The van der Waals surface area contributed by atoms with Gasteiger partial charge < -0.3 is 15.2 Å². The van der Waals surface area contributed by atoms with E-state index in [0.29, 0.717) is 0 Å². The van der Waals surface area contributed by atoms with Gasteiger partial charge in [-0.3, -0.25) is 4.79 Å². The van der Waals surface area contributed by atoms with E-state index >= 15 is 0 Å². The lowest BCUT2D eigenvalue weighted by Gasteiger charge is -2.17. The zero-order chi connectivity index (χ0) is 18.2. The number of ether oxygens (including phenoxy) is 1. The second-order valence-corrected chi connectivity index (χ2v) is 6.03. The molecule has 1 amide bonds. The van der Waals surface area contributed by atoms with Crippen molar-refractivity contribution in [2.75, 3.05) is 7.11 Å². The van der Waals surface area contributed by atoms with Crippen molar-refractivity contribution >= 4 is 11.9 Å². The van der Waals surface area contributed by atoms with Crippen LogP contribution in [-0.2, 0) is 16.0 Å². The molecule has 0 aliphatic heterocycles. The molecule has 0 spiro atoms. The number of amides is 1. The number of carbonyl (C=O) groups excluding carboxylic acids is 1. The number of rotatable bonds is 8.